The summed E-state index contributed by atoms with van der Waals surface area (Å²) in [6.45, 7) is 1.06. The van der Waals surface area contributed by atoms with Crippen LogP contribution in [0.5, 0.6) is 0 Å². The first kappa shape index (κ1) is 16.2. The number of hydrogen-bond acceptors (Lipinski definition) is 1. The van der Waals surface area contributed by atoms with Gasteiger partial charge in [-0.1, -0.05) is 46.3 Å². The van der Waals surface area contributed by atoms with Crippen molar-refractivity contribution in [2.24, 2.45) is 0 Å². The Hall–Kier alpha value is -1.20. The molecule has 0 saturated heterocycles. The van der Waals surface area contributed by atoms with Gasteiger partial charge in [0.25, 0.3) is 5.91 Å². The highest BCUT2D eigenvalue weighted by Crippen LogP contribution is 2.18. The van der Waals surface area contributed by atoms with Crippen LogP contribution < -0.4 is 0 Å². The predicted octanol–water partition coefficient (Wildman–Crippen LogP) is 4.63. The first-order valence-electron chi connectivity index (χ1n) is 6.46. The normalized spacial score (nSPS) is 10.4. The largest absolute Gasteiger partial charge is 0.333 e. The van der Waals surface area contributed by atoms with Gasteiger partial charge in [0, 0.05) is 24.0 Å². The van der Waals surface area contributed by atoms with Gasteiger partial charge in [-0.25, -0.2) is 4.39 Å². The lowest BCUT2D eigenvalue weighted by molar-refractivity contribution is 0.0754. The molecule has 0 radical (unpaired) electrons. The highest BCUT2D eigenvalue weighted by atomic mass is 79.9. The molecule has 5 heteroatoms. The van der Waals surface area contributed by atoms with Crippen molar-refractivity contribution in [1.29, 1.82) is 0 Å². The van der Waals surface area contributed by atoms with Gasteiger partial charge in [0.05, 0.1) is 4.47 Å². The van der Waals surface area contributed by atoms with Crippen LogP contribution in [-0.2, 0) is 6.54 Å². The molecular formula is C16H14Br2FNO. The van der Waals surface area contributed by atoms with E-state index in [0.717, 1.165) is 5.56 Å². The summed E-state index contributed by atoms with van der Waals surface area (Å²) in [5, 5.41) is 0.671. The van der Waals surface area contributed by atoms with E-state index in [4.69, 9.17) is 0 Å². The summed E-state index contributed by atoms with van der Waals surface area (Å²) < 4.78 is 13.9. The quantitative estimate of drug-likeness (QED) is 0.653. The van der Waals surface area contributed by atoms with Gasteiger partial charge in [0.1, 0.15) is 5.82 Å². The fraction of sp³-hybridized carbons (Fsp3) is 0.188. The number of rotatable bonds is 5. The zero-order valence-electron chi connectivity index (χ0n) is 11.2. The van der Waals surface area contributed by atoms with E-state index in [2.05, 4.69) is 31.9 Å². The van der Waals surface area contributed by atoms with Crippen LogP contribution in [0.3, 0.4) is 0 Å². The maximum absolute atomic E-state index is 13.6. The second kappa shape index (κ2) is 7.71. The Morgan fingerprint density at radius 2 is 1.86 bits per heavy atom. The molecule has 2 rings (SSSR count). The van der Waals surface area contributed by atoms with E-state index >= 15 is 0 Å². The molecule has 0 spiro atoms. The molecule has 0 bridgehead atoms. The summed E-state index contributed by atoms with van der Waals surface area (Å²) >= 11 is 6.45. The summed E-state index contributed by atoms with van der Waals surface area (Å²) in [5.74, 6) is -0.607. The fourth-order valence-electron chi connectivity index (χ4n) is 1.97. The molecule has 0 aromatic heterocycles. The van der Waals surface area contributed by atoms with Crippen molar-refractivity contribution in [3.63, 3.8) is 0 Å². The number of carbonyl (C=O) groups is 1. The first-order valence-corrected chi connectivity index (χ1v) is 8.37. The maximum atomic E-state index is 13.6. The summed E-state index contributed by atoms with van der Waals surface area (Å²) in [7, 11) is 0. The number of nitrogens with zero attached hydrogens (tertiary/aromatic N) is 1. The van der Waals surface area contributed by atoms with E-state index in [0.29, 0.717) is 28.5 Å². The Bertz CT molecular complexity index is 619. The highest BCUT2D eigenvalue weighted by Gasteiger charge is 2.16. The Morgan fingerprint density at radius 3 is 2.48 bits per heavy atom. The van der Waals surface area contributed by atoms with Crippen molar-refractivity contribution in [3.8, 4) is 0 Å². The van der Waals surface area contributed by atoms with Crippen LogP contribution in [0.25, 0.3) is 0 Å². The smallest absolute Gasteiger partial charge is 0.254 e. The zero-order valence-corrected chi connectivity index (χ0v) is 14.4. The SMILES string of the molecule is O=C(c1ccc(Br)c(F)c1)N(CCBr)Cc1ccccc1. The molecule has 0 aliphatic heterocycles. The Labute approximate surface area is 140 Å². The molecule has 1 amide bonds. The van der Waals surface area contributed by atoms with Gasteiger partial charge < -0.3 is 4.90 Å². The van der Waals surface area contributed by atoms with Crippen molar-refractivity contribution in [2.45, 2.75) is 6.54 Å². The van der Waals surface area contributed by atoms with Crippen molar-refractivity contribution < 1.29 is 9.18 Å². The molecule has 0 unspecified atom stereocenters. The van der Waals surface area contributed by atoms with E-state index in [9.17, 15) is 9.18 Å². The van der Waals surface area contributed by atoms with Crippen molar-refractivity contribution in [3.05, 3.63) is 69.9 Å². The second-order valence-corrected chi connectivity index (χ2v) is 6.18. The van der Waals surface area contributed by atoms with Crippen LogP contribution in [-0.4, -0.2) is 22.7 Å². The minimum absolute atomic E-state index is 0.176. The minimum atomic E-state index is -0.431. The summed E-state index contributed by atoms with van der Waals surface area (Å²) in [4.78, 5) is 14.2. The molecule has 0 aliphatic carbocycles. The standard InChI is InChI=1S/C16H14Br2FNO/c17-8-9-20(11-12-4-2-1-3-5-12)16(21)13-6-7-14(18)15(19)10-13/h1-7,10H,8-9,11H2. The first-order chi connectivity index (χ1) is 10.1. The van der Waals surface area contributed by atoms with Crippen LogP contribution in [0.15, 0.2) is 53.0 Å². The van der Waals surface area contributed by atoms with Gasteiger partial charge in [-0.2, -0.15) is 0 Å². The molecule has 2 nitrogen and oxygen atoms in total. The molecule has 2 aromatic rings. The highest BCUT2D eigenvalue weighted by molar-refractivity contribution is 9.10. The number of carbonyl (C=O) groups excluding carboxylic acids is 1. The van der Waals surface area contributed by atoms with Crippen molar-refractivity contribution in [2.75, 3.05) is 11.9 Å². The third-order valence-corrected chi connectivity index (χ3v) is 4.02. The average Bonchev–Trinajstić information content (AvgIpc) is 2.50. The topological polar surface area (TPSA) is 20.3 Å². The molecule has 0 N–H and O–H groups in total. The number of hydrogen-bond donors (Lipinski definition) is 0. The van der Waals surface area contributed by atoms with Gasteiger partial charge in [0.2, 0.25) is 0 Å². The van der Waals surface area contributed by atoms with Gasteiger partial charge in [-0.3, -0.25) is 4.79 Å². The predicted molar refractivity (Wildman–Crippen MR) is 89.1 cm³/mol. The molecule has 21 heavy (non-hydrogen) atoms. The molecule has 0 saturated carbocycles. The van der Waals surface area contributed by atoms with Crippen LogP contribution in [0.2, 0.25) is 0 Å². The molecule has 2 aromatic carbocycles. The number of alkyl halides is 1. The third-order valence-electron chi connectivity index (χ3n) is 3.02. The number of benzene rings is 2. The number of amides is 1. The van der Waals surface area contributed by atoms with E-state index in [1.165, 1.54) is 6.07 Å². The Kier molecular flexibility index (Phi) is 5.94. The molecule has 0 aliphatic rings. The average molecular weight is 415 g/mol. The van der Waals surface area contributed by atoms with Crippen molar-refractivity contribution in [1.82, 2.24) is 4.90 Å². The lowest BCUT2D eigenvalue weighted by Crippen LogP contribution is -2.32. The van der Waals surface area contributed by atoms with Crippen LogP contribution in [0, 0.1) is 5.82 Å². The van der Waals surface area contributed by atoms with Crippen LogP contribution in [0.4, 0.5) is 4.39 Å². The van der Waals surface area contributed by atoms with Gasteiger partial charge in [0.15, 0.2) is 0 Å². The Balaban J connectivity index is 2.20. The second-order valence-electron chi connectivity index (χ2n) is 4.53. The van der Waals surface area contributed by atoms with E-state index < -0.39 is 5.82 Å². The van der Waals surface area contributed by atoms with Crippen LogP contribution >= 0.6 is 31.9 Å². The maximum Gasteiger partial charge on any atom is 0.254 e. The minimum Gasteiger partial charge on any atom is -0.333 e. The molecule has 0 fully saturated rings. The van der Waals surface area contributed by atoms with Gasteiger partial charge in [-0.05, 0) is 39.7 Å². The number of halogens is 3. The summed E-state index contributed by atoms with van der Waals surface area (Å²) in [6.07, 6.45) is 0. The monoisotopic (exact) mass is 413 g/mol. The molecular weight excluding hydrogens is 401 g/mol. The zero-order chi connectivity index (χ0) is 15.2. The summed E-state index contributed by atoms with van der Waals surface area (Å²) in [5.41, 5.74) is 1.40. The molecule has 0 atom stereocenters. The Morgan fingerprint density at radius 1 is 1.14 bits per heavy atom. The summed E-state index contributed by atoms with van der Waals surface area (Å²) in [6, 6.07) is 14.2. The van der Waals surface area contributed by atoms with Crippen LogP contribution in [0.1, 0.15) is 15.9 Å². The fourth-order valence-corrected chi connectivity index (χ4v) is 2.64. The van der Waals surface area contributed by atoms with Gasteiger partial charge in [-0.15, -0.1) is 0 Å². The lowest BCUT2D eigenvalue weighted by atomic mass is 10.1. The van der Waals surface area contributed by atoms with E-state index in [1.54, 1.807) is 17.0 Å². The molecule has 0 heterocycles. The third kappa shape index (κ3) is 4.38. The van der Waals surface area contributed by atoms with Crippen molar-refractivity contribution >= 4 is 37.8 Å². The van der Waals surface area contributed by atoms with E-state index in [1.807, 2.05) is 30.3 Å². The molecule has 110 valence electrons. The van der Waals surface area contributed by atoms with Gasteiger partial charge >= 0.3 is 0 Å². The lowest BCUT2D eigenvalue weighted by Gasteiger charge is -2.22. The van der Waals surface area contributed by atoms with E-state index in [-0.39, 0.29) is 5.91 Å².